The monoisotopic (exact) mass is 298 g/mol. The number of hydrogen-bond acceptors (Lipinski definition) is 9. The molecule has 0 spiro atoms. The molecule has 2 rings (SSSR count). The van der Waals surface area contributed by atoms with Crippen molar-refractivity contribution in [2.75, 3.05) is 7.11 Å². The fourth-order valence-corrected chi connectivity index (χ4v) is 2.10. The van der Waals surface area contributed by atoms with Gasteiger partial charge in [0, 0.05) is 6.42 Å². The molecule has 2 aromatic rings. The largest absolute Gasteiger partial charge is 0.468 e. The first-order chi connectivity index (χ1) is 9.72. The molecule has 9 nitrogen and oxygen atoms in total. The number of aromatic nitrogens is 6. The Kier molecular flexibility index (Phi) is 5.04. The molecule has 0 saturated carbocycles. The van der Waals surface area contributed by atoms with Crippen molar-refractivity contribution < 1.29 is 14.1 Å². The lowest BCUT2D eigenvalue weighted by Crippen LogP contribution is -2.13. The van der Waals surface area contributed by atoms with Gasteiger partial charge in [0.05, 0.1) is 12.9 Å². The van der Waals surface area contributed by atoms with E-state index in [-0.39, 0.29) is 6.54 Å². The zero-order valence-corrected chi connectivity index (χ0v) is 12.0. The van der Waals surface area contributed by atoms with E-state index in [9.17, 15) is 4.79 Å². The Morgan fingerprint density at radius 2 is 2.35 bits per heavy atom. The van der Waals surface area contributed by atoms with Gasteiger partial charge in [-0.25, -0.2) is 4.68 Å². The second kappa shape index (κ2) is 6.98. The van der Waals surface area contributed by atoms with Gasteiger partial charge in [0.1, 0.15) is 6.54 Å². The highest BCUT2D eigenvalue weighted by Gasteiger charge is 2.13. The third kappa shape index (κ3) is 3.76. The Morgan fingerprint density at radius 3 is 3.10 bits per heavy atom. The lowest BCUT2D eigenvalue weighted by molar-refractivity contribution is -0.141. The van der Waals surface area contributed by atoms with Crippen LogP contribution in [0.4, 0.5) is 0 Å². The molecule has 2 aromatic heterocycles. The molecule has 0 amide bonds. The number of nitrogens with zero attached hydrogens (tertiary/aromatic N) is 6. The second-order valence-corrected chi connectivity index (χ2v) is 4.78. The van der Waals surface area contributed by atoms with Gasteiger partial charge in [0.2, 0.25) is 11.0 Å². The number of carbonyl (C=O) groups is 1. The van der Waals surface area contributed by atoms with Crippen LogP contribution >= 0.6 is 11.8 Å². The number of aryl methyl sites for hydroxylation is 1. The molecule has 2 heterocycles. The van der Waals surface area contributed by atoms with Crippen molar-refractivity contribution in [1.29, 1.82) is 0 Å². The third-order valence-electron chi connectivity index (χ3n) is 2.31. The molecule has 0 aliphatic rings. The summed E-state index contributed by atoms with van der Waals surface area (Å²) in [6.45, 7) is 2.02. The van der Waals surface area contributed by atoms with Crippen molar-refractivity contribution in [3.8, 4) is 0 Å². The Balaban J connectivity index is 1.93. The number of tetrazole rings is 1. The van der Waals surface area contributed by atoms with Crippen LogP contribution in [-0.4, -0.2) is 43.4 Å². The van der Waals surface area contributed by atoms with Gasteiger partial charge in [-0.3, -0.25) is 4.79 Å². The maximum Gasteiger partial charge on any atom is 0.327 e. The number of esters is 1. The van der Waals surface area contributed by atoms with E-state index in [0.717, 1.165) is 12.8 Å². The van der Waals surface area contributed by atoms with Crippen molar-refractivity contribution in [2.24, 2.45) is 0 Å². The van der Waals surface area contributed by atoms with E-state index in [0.29, 0.717) is 22.6 Å². The highest BCUT2D eigenvalue weighted by Crippen LogP contribution is 2.19. The number of rotatable bonds is 7. The highest BCUT2D eigenvalue weighted by molar-refractivity contribution is 7.98. The smallest absolute Gasteiger partial charge is 0.327 e. The molecule has 0 aliphatic heterocycles. The van der Waals surface area contributed by atoms with E-state index in [1.54, 1.807) is 0 Å². The van der Waals surface area contributed by atoms with Gasteiger partial charge in [-0.15, -0.1) is 5.10 Å². The average Bonchev–Trinajstić information content (AvgIpc) is 3.06. The second-order valence-electron chi connectivity index (χ2n) is 3.84. The molecule has 0 N–H and O–H groups in total. The van der Waals surface area contributed by atoms with E-state index < -0.39 is 5.97 Å². The summed E-state index contributed by atoms with van der Waals surface area (Å²) in [6, 6.07) is 0. The van der Waals surface area contributed by atoms with Gasteiger partial charge < -0.3 is 9.26 Å². The molecule has 108 valence electrons. The maximum absolute atomic E-state index is 11.2. The standard InChI is InChI=1S/C10H14N6O3S/c1-3-4-7-11-8(19-13-7)6-20-10-12-14-15-16(10)5-9(17)18-2/h3-6H2,1-2H3. The van der Waals surface area contributed by atoms with Crippen LogP contribution < -0.4 is 0 Å². The summed E-state index contributed by atoms with van der Waals surface area (Å²) in [6.07, 6.45) is 1.75. The van der Waals surface area contributed by atoms with Crippen LogP contribution in [0, 0.1) is 0 Å². The summed E-state index contributed by atoms with van der Waals surface area (Å²) in [5.74, 6) is 1.23. The van der Waals surface area contributed by atoms with Crippen molar-refractivity contribution in [2.45, 2.75) is 37.2 Å². The summed E-state index contributed by atoms with van der Waals surface area (Å²) in [5, 5.41) is 15.4. The van der Waals surface area contributed by atoms with Crippen molar-refractivity contribution in [3.05, 3.63) is 11.7 Å². The van der Waals surface area contributed by atoms with Gasteiger partial charge in [0.15, 0.2) is 5.82 Å². The first kappa shape index (κ1) is 14.4. The number of ether oxygens (including phenoxy) is 1. The molecular weight excluding hydrogens is 284 g/mol. The highest BCUT2D eigenvalue weighted by atomic mass is 32.2. The molecule has 0 aliphatic carbocycles. The Morgan fingerprint density at radius 1 is 1.50 bits per heavy atom. The van der Waals surface area contributed by atoms with Crippen molar-refractivity contribution >= 4 is 17.7 Å². The molecule has 20 heavy (non-hydrogen) atoms. The van der Waals surface area contributed by atoms with Crippen LogP contribution in [0.3, 0.4) is 0 Å². The lowest BCUT2D eigenvalue weighted by atomic mass is 10.3. The normalized spacial score (nSPS) is 10.7. The lowest BCUT2D eigenvalue weighted by Gasteiger charge is -2.01. The quantitative estimate of drug-likeness (QED) is 0.532. The molecule has 0 aromatic carbocycles. The van der Waals surface area contributed by atoms with E-state index in [2.05, 4.69) is 30.4 Å². The van der Waals surface area contributed by atoms with Crippen LogP contribution in [0.2, 0.25) is 0 Å². The zero-order valence-electron chi connectivity index (χ0n) is 11.1. The number of carbonyl (C=O) groups excluding carboxylic acids is 1. The first-order valence-electron chi connectivity index (χ1n) is 6.00. The first-order valence-corrected chi connectivity index (χ1v) is 6.98. The predicted molar refractivity (Wildman–Crippen MR) is 67.7 cm³/mol. The summed E-state index contributed by atoms with van der Waals surface area (Å²) >= 11 is 1.31. The molecular formula is C10H14N6O3S. The fraction of sp³-hybridized carbons (Fsp3) is 0.600. The molecule has 10 heteroatoms. The van der Waals surface area contributed by atoms with Crippen LogP contribution in [-0.2, 0) is 28.2 Å². The number of hydrogen-bond donors (Lipinski definition) is 0. The summed E-state index contributed by atoms with van der Waals surface area (Å²) in [7, 11) is 1.31. The minimum absolute atomic E-state index is 0.0310. The van der Waals surface area contributed by atoms with Gasteiger partial charge >= 0.3 is 5.97 Å². The SMILES string of the molecule is CCCc1noc(CSc2nnnn2CC(=O)OC)n1. The molecule has 0 unspecified atom stereocenters. The van der Waals surface area contributed by atoms with Crippen LogP contribution in [0.1, 0.15) is 25.1 Å². The Labute approximate surface area is 119 Å². The van der Waals surface area contributed by atoms with Gasteiger partial charge in [-0.05, 0) is 16.8 Å². The van der Waals surface area contributed by atoms with Gasteiger partial charge in [-0.1, -0.05) is 23.8 Å². The maximum atomic E-state index is 11.2. The predicted octanol–water partition coefficient (Wildman–Crippen LogP) is 0.474. The number of thioether (sulfide) groups is 1. The molecule has 0 bridgehead atoms. The van der Waals surface area contributed by atoms with Crippen LogP contribution in [0.15, 0.2) is 9.68 Å². The molecule has 0 atom stereocenters. The molecule has 0 saturated heterocycles. The van der Waals surface area contributed by atoms with E-state index in [4.69, 9.17) is 4.52 Å². The van der Waals surface area contributed by atoms with Crippen molar-refractivity contribution in [1.82, 2.24) is 30.3 Å². The van der Waals surface area contributed by atoms with Gasteiger partial charge in [0.25, 0.3) is 0 Å². The van der Waals surface area contributed by atoms with E-state index in [1.165, 1.54) is 23.6 Å². The number of methoxy groups -OCH3 is 1. The molecule has 0 radical (unpaired) electrons. The van der Waals surface area contributed by atoms with Gasteiger partial charge in [-0.2, -0.15) is 4.98 Å². The minimum atomic E-state index is -0.415. The summed E-state index contributed by atoms with van der Waals surface area (Å²) in [4.78, 5) is 15.4. The fourth-order valence-electron chi connectivity index (χ4n) is 1.39. The third-order valence-corrected chi connectivity index (χ3v) is 3.26. The minimum Gasteiger partial charge on any atom is -0.468 e. The van der Waals surface area contributed by atoms with Crippen LogP contribution in [0.25, 0.3) is 0 Å². The topological polar surface area (TPSA) is 109 Å². The zero-order chi connectivity index (χ0) is 14.4. The molecule has 0 fully saturated rings. The van der Waals surface area contributed by atoms with E-state index in [1.807, 2.05) is 6.92 Å². The average molecular weight is 298 g/mol. The van der Waals surface area contributed by atoms with Crippen molar-refractivity contribution in [3.63, 3.8) is 0 Å². The Bertz CT molecular complexity index is 569. The summed E-state index contributed by atoms with van der Waals surface area (Å²) < 4.78 is 11.0. The Hall–Kier alpha value is -1.97. The van der Waals surface area contributed by atoms with Crippen LogP contribution in [0.5, 0.6) is 0 Å². The summed E-state index contributed by atoms with van der Waals surface area (Å²) in [5.41, 5.74) is 0. The van der Waals surface area contributed by atoms with E-state index >= 15 is 0 Å².